The first kappa shape index (κ1) is 18.4. The minimum Gasteiger partial charge on any atom is -0.485 e. The number of aromatic carboxylic acids is 1. The molecule has 1 N–H and O–H groups in total. The molecule has 0 amide bonds. The van der Waals surface area contributed by atoms with E-state index >= 15 is 0 Å². The van der Waals surface area contributed by atoms with E-state index in [4.69, 9.17) is 14.2 Å². The lowest BCUT2D eigenvalue weighted by Crippen LogP contribution is -2.34. The minimum absolute atomic E-state index is 0.0523. The standard InChI is InChI=1S/C20H21FO5/c1-20(2)11-25-19(26-12-20)15-8-14(18(22)23)9-16(21)17(15)24-10-13-6-4-3-5-7-13/h3-9,19H,10-12H2,1-2H3,(H,22,23). The fourth-order valence-corrected chi connectivity index (χ4v) is 2.67. The third-order valence-corrected chi connectivity index (χ3v) is 4.05. The van der Waals surface area contributed by atoms with E-state index in [-0.39, 0.29) is 28.9 Å². The summed E-state index contributed by atoms with van der Waals surface area (Å²) < 4.78 is 31.6. The molecule has 2 aromatic rings. The van der Waals surface area contributed by atoms with Gasteiger partial charge in [-0.1, -0.05) is 44.2 Å². The van der Waals surface area contributed by atoms with Crippen molar-refractivity contribution in [3.05, 3.63) is 65.0 Å². The molecule has 0 saturated carbocycles. The maximum Gasteiger partial charge on any atom is 0.335 e. The summed E-state index contributed by atoms with van der Waals surface area (Å²) in [5, 5.41) is 9.22. The Kier molecular flexibility index (Phi) is 5.25. The molecular formula is C20H21FO5. The second-order valence-corrected chi connectivity index (χ2v) is 7.07. The maximum atomic E-state index is 14.6. The van der Waals surface area contributed by atoms with Crippen molar-refractivity contribution in [2.24, 2.45) is 5.41 Å². The van der Waals surface area contributed by atoms with E-state index in [9.17, 15) is 14.3 Å². The highest BCUT2D eigenvalue weighted by Gasteiger charge is 2.32. The zero-order chi connectivity index (χ0) is 18.7. The van der Waals surface area contributed by atoms with E-state index in [0.29, 0.717) is 13.2 Å². The second kappa shape index (κ2) is 7.43. The SMILES string of the molecule is CC1(C)COC(c2cc(C(=O)O)cc(F)c2OCc2ccccc2)OC1. The first-order valence-electron chi connectivity index (χ1n) is 8.32. The van der Waals surface area contributed by atoms with Crippen LogP contribution in [0.1, 0.15) is 41.6 Å². The van der Waals surface area contributed by atoms with Gasteiger partial charge in [0.05, 0.1) is 24.3 Å². The van der Waals surface area contributed by atoms with Crippen molar-refractivity contribution in [3.63, 3.8) is 0 Å². The summed E-state index contributed by atoms with van der Waals surface area (Å²) in [6.07, 6.45) is -0.873. The fraction of sp³-hybridized carbons (Fsp3) is 0.350. The largest absolute Gasteiger partial charge is 0.485 e. The van der Waals surface area contributed by atoms with Crippen LogP contribution in [0.4, 0.5) is 4.39 Å². The van der Waals surface area contributed by atoms with Crippen LogP contribution in [-0.4, -0.2) is 24.3 Å². The first-order chi connectivity index (χ1) is 12.4. The van der Waals surface area contributed by atoms with Crippen molar-refractivity contribution in [2.75, 3.05) is 13.2 Å². The van der Waals surface area contributed by atoms with E-state index in [0.717, 1.165) is 11.6 Å². The van der Waals surface area contributed by atoms with Crippen LogP contribution in [0.2, 0.25) is 0 Å². The Labute approximate surface area is 151 Å². The number of ether oxygens (including phenoxy) is 3. The molecule has 0 aliphatic carbocycles. The average Bonchev–Trinajstić information content (AvgIpc) is 2.61. The molecule has 1 aliphatic rings. The van der Waals surface area contributed by atoms with Crippen LogP contribution < -0.4 is 4.74 Å². The van der Waals surface area contributed by atoms with E-state index in [1.54, 1.807) is 0 Å². The molecule has 5 nitrogen and oxygen atoms in total. The Bertz CT molecular complexity index is 778. The number of rotatable bonds is 5. The zero-order valence-corrected chi connectivity index (χ0v) is 14.7. The summed E-state index contributed by atoms with van der Waals surface area (Å²) in [6, 6.07) is 11.6. The Hall–Kier alpha value is -2.44. The maximum absolute atomic E-state index is 14.6. The van der Waals surface area contributed by atoms with Crippen molar-refractivity contribution in [3.8, 4) is 5.75 Å². The average molecular weight is 360 g/mol. The number of benzene rings is 2. The first-order valence-corrected chi connectivity index (χ1v) is 8.32. The molecule has 0 radical (unpaired) electrons. The third kappa shape index (κ3) is 4.20. The predicted molar refractivity (Wildman–Crippen MR) is 92.6 cm³/mol. The highest BCUT2D eigenvalue weighted by atomic mass is 19.1. The predicted octanol–water partition coefficient (Wildman–Crippen LogP) is 4.17. The van der Waals surface area contributed by atoms with Gasteiger partial charge in [-0.15, -0.1) is 0 Å². The van der Waals surface area contributed by atoms with E-state index in [2.05, 4.69) is 0 Å². The van der Waals surface area contributed by atoms with Crippen LogP contribution >= 0.6 is 0 Å². The lowest BCUT2D eigenvalue weighted by molar-refractivity contribution is -0.226. The number of carbonyl (C=O) groups is 1. The zero-order valence-electron chi connectivity index (χ0n) is 14.7. The summed E-state index contributed by atoms with van der Waals surface area (Å²) in [4.78, 5) is 11.3. The van der Waals surface area contributed by atoms with E-state index in [1.807, 2.05) is 44.2 Å². The molecule has 138 valence electrons. The fourth-order valence-electron chi connectivity index (χ4n) is 2.67. The number of carboxylic acid groups (broad SMARTS) is 1. The van der Waals surface area contributed by atoms with Crippen molar-refractivity contribution in [1.29, 1.82) is 0 Å². The molecule has 1 aliphatic heterocycles. The molecule has 1 heterocycles. The van der Waals surface area contributed by atoms with Crippen LogP contribution in [0.5, 0.6) is 5.75 Å². The van der Waals surface area contributed by atoms with E-state index in [1.165, 1.54) is 6.07 Å². The molecule has 3 rings (SSSR count). The molecular weight excluding hydrogens is 339 g/mol. The highest BCUT2D eigenvalue weighted by Crippen LogP contribution is 2.37. The van der Waals surface area contributed by atoms with Crippen molar-refractivity contribution in [2.45, 2.75) is 26.7 Å². The van der Waals surface area contributed by atoms with Gasteiger partial charge in [-0.25, -0.2) is 9.18 Å². The van der Waals surface area contributed by atoms with Gasteiger partial charge in [0.25, 0.3) is 0 Å². The molecule has 0 bridgehead atoms. The van der Waals surface area contributed by atoms with Gasteiger partial charge in [-0.3, -0.25) is 0 Å². The number of halogens is 1. The molecule has 0 unspecified atom stereocenters. The normalized spacial score (nSPS) is 17.0. The lowest BCUT2D eigenvalue weighted by atomic mass is 9.95. The van der Waals surface area contributed by atoms with Gasteiger partial charge in [0.1, 0.15) is 6.61 Å². The minimum atomic E-state index is -1.23. The van der Waals surface area contributed by atoms with E-state index < -0.39 is 18.1 Å². The molecule has 1 saturated heterocycles. The van der Waals surface area contributed by atoms with Gasteiger partial charge in [0.15, 0.2) is 17.9 Å². The summed E-state index contributed by atoms with van der Waals surface area (Å²) in [7, 11) is 0. The Morgan fingerprint density at radius 3 is 2.50 bits per heavy atom. The van der Waals surface area contributed by atoms with Crippen molar-refractivity contribution < 1.29 is 28.5 Å². The smallest absolute Gasteiger partial charge is 0.335 e. The van der Waals surface area contributed by atoms with Gasteiger partial charge in [0, 0.05) is 5.41 Å². The summed E-state index contributed by atoms with van der Waals surface area (Å²) in [5.41, 5.74) is 0.770. The molecule has 2 aromatic carbocycles. The Morgan fingerprint density at radius 1 is 1.23 bits per heavy atom. The van der Waals surface area contributed by atoms with Crippen LogP contribution in [0, 0.1) is 11.2 Å². The quantitative estimate of drug-likeness (QED) is 0.867. The highest BCUT2D eigenvalue weighted by molar-refractivity contribution is 5.88. The summed E-state index contributed by atoms with van der Waals surface area (Å²) >= 11 is 0. The Balaban J connectivity index is 1.90. The number of carboxylic acids is 1. The number of hydrogen-bond donors (Lipinski definition) is 1. The van der Waals surface area contributed by atoms with Gasteiger partial charge in [0.2, 0.25) is 0 Å². The molecule has 6 heteroatoms. The van der Waals surface area contributed by atoms with Crippen molar-refractivity contribution >= 4 is 5.97 Å². The van der Waals surface area contributed by atoms with Crippen LogP contribution in [-0.2, 0) is 16.1 Å². The van der Waals surface area contributed by atoms with Crippen LogP contribution in [0.3, 0.4) is 0 Å². The molecule has 0 aromatic heterocycles. The van der Waals surface area contributed by atoms with Crippen LogP contribution in [0.15, 0.2) is 42.5 Å². The van der Waals surface area contributed by atoms with Gasteiger partial charge in [-0.2, -0.15) is 0 Å². The number of hydrogen-bond acceptors (Lipinski definition) is 4. The Morgan fingerprint density at radius 2 is 1.88 bits per heavy atom. The topological polar surface area (TPSA) is 65.0 Å². The van der Waals surface area contributed by atoms with Gasteiger partial charge < -0.3 is 19.3 Å². The summed E-state index contributed by atoms with van der Waals surface area (Å²) in [6.45, 7) is 4.95. The van der Waals surface area contributed by atoms with Gasteiger partial charge in [-0.05, 0) is 17.7 Å². The molecule has 1 fully saturated rings. The molecule has 26 heavy (non-hydrogen) atoms. The molecule has 0 spiro atoms. The van der Waals surface area contributed by atoms with Crippen molar-refractivity contribution in [1.82, 2.24) is 0 Å². The molecule has 0 atom stereocenters. The monoisotopic (exact) mass is 360 g/mol. The van der Waals surface area contributed by atoms with Gasteiger partial charge >= 0.3 is 5.97 Å². The van der Waals surface area contributed by atoms with Crippen LogP contribution in [0.25, 0.3) is 0 Å². The summed E-state index contributed by atoms with van der Waals surface area (Å²) in [5.74, 6) is -2.03. The lowest BCUT2D eigenvalue weighted by Gasteiger charge is -2.35. The third-order valence-electron chi connectivity index (χ3n) is 4.05. The second-order valence-electron chi connectivity index (χ2n) is 7.07.